The lowest BCUT2D eigenvalue weighted by atomic mass is 10.1. The molecule has 1 aromatic carbocycles. The van der Waals surface area contributed by atoms with Gasteiger partial charge in [0.1, 0.15) is 11.9 Å². The van der Waals surface area contributed by atoms with E-state index in [1.54, 1.807) is 23.5 Å². The van der Waals surface area contributed by atoms with Crippen LogP contribution in [0.1, 0.15) is 18.7 Å². The van der Waals surface area contributed by atoms with Crippen LogP contribution in [0.15, 0.2) is 35.7 Å². The van der Waals surface area contributed by atoms with E-state index in [0.29, 0.717) is 37.4 Å². The molecule has 3 amide bonds. The second-order valence-electron chi connectivity index (χ2n) is 8.33. The molecule has 1 unspecified atom stereocenters. The van der Waals surface area contributed by atoms with Gasteiger partial charge in [-0.25, -0.2) is 9.18 Å². The van der Waals surface area contributed by atoms with E-state index in [2.05, 4.69) is 5.32 Å². The first-order chi connectivity index (χ1) is 15.8. The van der Waals surface area contributed by atoms with Crippen molar-refractivity contribution in [1.29, 1.82) is 0 Å². The summed E-state index contributed by atoms with van der Waals surface area (Å²) in [6.45, 7) is 5.39. The maximum Gasteiger partial charge on any atom is 0.414 e. The van der Waals surface area contributed by atoms with Gasteiger partial charge in [0.15, 0.2) is 0 Å². The molecule has 2 atom stereocenters. The second-order valence-corrected chi connectivity index (χ2v) is 9.36. The number of nitrogens with one attached hydrogen (secondary N) is 1. The predicted molar refractivity (Wildman–Crippen MR) is 124 cm³/mol. The summed E-state index contributed by atoms with van der Waals surface area (Å²) in [5.74, 6) is -0.555. The number of nitrogens with zero attached hydrogens (tertiary/aromatic N) is 3. The number of thiophene rings is 1. The standard InChI is InChI=1S/C23H27FN4O4S/c1-15-13-26(7-8-27(15)22(30)11-19-4-3-9-33-19)21-6-5-17(10-20(21)24)28-14-18(32-23(28)31)12-25-16(2)29/h3-6,9-10,15,18H,7-8,11-14H2,1-2H3,(H,25,29)/t15?,18-/m0/s1. The number of carbonyl (C=O) groups is 3. The predicted octanol–water partition coefficient (Wildman–Crippen LogP) is 2.63. The molecule has 2 aliphatic heterocycles. The first-order valence-electron chi connectivity index (χ1n) is 10.9. The van der Waals surface area contributed by atoms with E-state index in [4.69, 9.17) is 4.74 Å². The van der Waals surface area contributed by atoms with Crippen molar-refractivity contribution in [2.75, 3.05) is 42.5 Å². The lowest BCUT2D eigenvalue weighted by Crippen LogP contribution is -2.54. The first kappa shape index (κ1) is 23.0. The van der Waals surface area contributed by atoms with E-state index >= 15 is 4.39 Å². The number of anilines is 2. The van der Waals surface area contributed by atoms with Crippen molar-refractivity contribution < 1.29 is 23.5 Å². The summed E-state index contributed by atoms with van der Waals surface area (Å²) < 4.78 is 20.3. The summed E-state index contributed by atoms with van der Waals surface area (Å²) in [6, 6.07) is 8.53. The van der Waals surface area contributed by atoms with Gasteiger partial charge in [0, 0.05) is 37.5 Å². The summed E-state index contributed by atoms with van der Waals surface area (Å²) in [5, 5.41) is 4.58. The highest BCUT2D eigenvalue weighted by atomic mass is 32.1. The number of rotatable bonds is 6. The normalized spacial score (nSPS) is 20.7. The molecule has 2 fully saturated rings. The molecule has 33 heavy (non-hydrogen) atoms. The van der Waals surface area contributed by atoms with Crippen LogP contribution in [-0.4, -0.2) is 67.7 Å². The van der Waals surface area contributed by atoms with Gasteiger partial charge >= 0.3 is 6.09 Å². The van der Waals surface area contributed by atoms with Gasteiger partial charge < -0.3 is 19.9 Å². The molecule has 0 bridgehead atoms. The number of cyclic esters (lactones) is 1. The molecule has 2 aliphatic rings. The Morgan fingerprint density at radius 2 is 2.06 bits per heavy atom. The molecule has 1 N–H and O–H groups in total. The maximum atomic E-state index is 15.0. The zero-order valence-electron chi connectivity index (χ0n) is 18.6. The van der Waals surface area contributed by atoms with Crippen molar-refractivity contribution in [1.82, 2.24) is 10.2 Å². The zero-order valence-corrected chi connectivity index (χ0v) is 19.4. The third-order valence-corrected chi connectivity index (χ3v) is 6.77. The summed E-state index contributed by atoms with van der Waals surface area (Å²) in [6.07, 6.45) is -0.659. The molecule has 1 aromatic heterocycles. The van der Waals surface area contributed by atoms with E-state index in [1.807, 2.05) is 34.2 Å². The molecule has 4 rings (SSSR count). The molecule has 176 valence electrons. The Bertz CT molecular complexity index is 1030. The molecule has 0 radical (unpaired) electrons. The van der Waals surface area contributed by atoms with Crippen molar-refractivity contribution in [3.8, 4) is 0 Å². The van der Waals surface area contributed by atoms with Gasteiger partial charge in [0.2, 0.25) is 11.8 Å². The molecule has 0 spiro atoms. The van der Waals surface area contributed by atoms with Crippen molar-refractivity contribution >= 4 is 40.6 Å². The van der Waals surface area contributed by atoms with E-state index in [1.165, 1.54) is 17.9 Å². The van der Waals surface area contributed by atoms with Crippen molar-refractivity contribution in [2.24, 2.45) is 0 Å². The van der Waals surface area contributed by atoms with E-state index < -0.39 is 18.0 Å². The van der Waals surface area contributed by atoms with Crippen molar-refractivity contribution in [2.45, 2.75) is 32.4 Å². The summed E-state index contributed by atoms with van der Waals surface area (Å²) in [5.41, 5.74) is 0.850. The minimum Gasteiger partial charge on any atom is -0.442 e. The van der Waals surface area contributed by atoms with Crippen LogP contribution in [0.25, 0.3) is 0 Å². The van der Waals surface area contributed by atoms with Crippen LogP contribution in [-0.2, 0) is 20.7 Å². The molecule has 8 nitrogen and oxygen atoms in total. The molecule has 0 saturated carbocycles. The third kappa shape index (κ3) is 5.27. The first-order valence-corrected chi connectivity index (χ1v) is 11.8. The van der Waals surface area contributed by atoms with Gasteiger partial charge in [-0.15, -0.1) is 11.3 Å². The molecular formula is C23H27FN4O4S. The monoisotopic (exact) mass is 474 g/mol. The number of carbonyl (C=O) groups excluding carboxylic acids is 3. The van der Waals surface area contributed by atoms with Crippen LogP contribution in [0.4, 0.5) is 20.6 Å². The third-order valence-electron chi connectivity index (χ3n) is 5.89. The lowest BCUT2D eigenvalue weighted by Gasteiger charge is -2.41. The Hall–Kier alpha value is -3.14. The highest BCUT2D eigenvalue weighted by molar-refractivity contribution is 7.10. The van der Waals surface area contributed by atoms with Crippen LogP contribution in [0.3, 0.4) is 0 Å². The van der Waals surface area contributed by atoms with E-state index in [0.717, 1.165) is 4.88 Å². The summed E-state index contributed by atoms with van der Waals surface area (Å²) >= 11 is 1.57. The Labute approximate surface area is 195 Å². The number of hydrogen-bond donors (Lipinski definition) is 1. The van der Waals surface area contributed by atoms with Crippen molar-refractivity contribution in [3.05, 3.63) is 46.4 Å². The summed E-state index contributed by atoms with van der Waals surface area (Å²) in [7, 11) is 0. The SMILES string of the molecule is CC(=O)NC[C@H]1CN(c2ccc(N3CCN(C(=O)Cc4cccs4)C(C)C3)c(F)c2)C(=O)O1. The Kier molecular flexibility index (Phi) is 6.83. The van der Waals surface area contributed by atoms with Gasteiger partial charge in [0.25, 0.3) is 0 Å². The van der Waals surface area contributed by atoms with Gasteiger partial charge in [-0.05, 0) is 36.6 Å². The van der Waals surface area contributed by atoms with Gasteiger partial charge in [-0.1, -0.05) is 6.07 Å². The smallest absolute Gasteiger partial charge is 0.414 e. The highest BCUT2D eigenvalue weighted by Gasteiger charge is 2.33. The van der Waals surface area contributed by atoms with E-state index in [9.17, 15) is 14.4 Å². The average molecular weight is 475 g/mol. The maximum absolute atomic E-state index is 15.0. The minimum absolute atomic E-state index is 0.0478. The Morgan fingerprint density at radius 3 is 2.73 bits per heavy atom. The fourth-order valence-electron chi connectivity index (χ4n) is 4.23. The van der Waals surface area contributed by atoms with Gasteiger partial charge in [0.05, 0.1) is 30.9 Å². The van der Waals surface area contributed by atoms with Gasteiger partial charge in [-0.3, -0.25) is 14.5 Å². The highest BCUT2D eigenvalue weighted by Crippen LogP contribution is 2.29. The quantitative estimate of drug-likeness (QED) is 0.696. The fraction of sp³-hybridized carbons (Fsp3) is 0.435. The van der Waals surface area contributed by atoms with Crippen molar-refractivity contribution in [3.63, 3.8) is 0 Å². The van der Waals surface area contributed by atoms with Crippen LogP contribution >= 0.6 is 11.3 Å². The number of ether oxygens (including phenoxy) is 1. The molecular weight excluding hydrogens is 447 g/mol. The van der Waals surface area contributed by atoms with Crippen LogP contribution in [0, 0.1) is 5.82 Å². The summed E-state index contributed by atoms with van der Waals surface area (Å²) in [4.78, 5) is 42.2. The molecule has 2 saturated heterocycles. The largest absolute Gasteiger partial charge is 0.442 e. The number of benzene rings is 1. The average Bonchev–Trinajstić information content (AvgIpc) is 3.41. The Morgan fingerprint density at radius 1 is 1.24 bits per heavy atom. The molecule has 2 aromatic rings. The number of halogens is 1. The number of hydrogen-bond acceptors (Lipinski definition) is 6. The number of piperazine rings is 1. The Balaban J connectivity index is 1.38. The lowest BCUT2D eigenvalue weighted by molar-refractivity contribution is -0.132. The van der Waals surface area contributed by atoms with Crippen LogP contribution in [0.2, 0.25) is 0 Å². The van der Waals surface area contributed by atoms with E-state index in [-0.39, 0.29) is 30.9 Å². The van der Waals surface area contributed by atoms with Crippen LogP contribution in [0.5, 0.6) is 0 Å². The molecule has 10 heteroatoms. The molecule has 3 heterocycles. The fourth-order valence-corrected chi connectivity index (χ4v) is 4.92. The van der Waals surface area contributed by atoms with Crippen LogP contribution < -0.4 is 15.1 Å². The zero-order chi connectivity index (χ0) is 23.5. The minimum atomic E-state index is -0.566. The number of amides is 3. The van der Waals surface area contributed by atoms with Gasteiger partial charge in [-0.2, -0.15) is 0 Å². The second kappa shape index (κ2) is 9.78. The topological polar surface area (TPSA) is 82.2 Å². The molecule has 0 aliphatic carbocycles.